The Morgan fingerprint density at radius 1 is 1.00 bits per heavy atom. The molecule has 0 saturated heterocycles. The first-order valence-corrected chi connectivity index (χ1v) is 6.52. The lowest BCUT2D eigenvalue weighted by Gasteiger charge is -2.15. The van der Waals surface area contributed by atoms with Crippen molar-refractivity contribution in [1.82, 2.24) is 0 Å². The lowest BCUT2D eigenvalue weighted by molar-refractivity contribution is -0.901. The molecule has 0 radical (unpaired) electrons. The van der Waals surface area contributed by atoms with E-state index in [9.17, 15) is 9.90 Å². The first kappa shape index (κ1) is 17.3. The predicted molar refractivity (Wildman–Crippen MR) is 63.8 cm³/mol. The van der Waals surface area contributed by atoms with Crippen LogP contribution in [0.25, 0.3) is 0 Å². The second-order valence-electron chi connectivity index (χ2n) is 4.47. The van der Waals surface area contributed by atoms with Crippen molar-refractivity contribution in [2.45, 2.75) is 25.7 Å². The standard InChI is InChI=1S/C6H15NO3.C6H10O2/c8-4-1-7(2-5-9)3-6-10;7-6(8)5-3-1-2-4-5/h8-10H,1-6H2;5H,1-4H2,(H,7,8). The fourth-order valence-corrected chi connectivity index (χ4v) is 2.01. The topological polar surface area (TPSA) is 105 Å². The maximum atomic E-state index is 10.1. The second kappa shape index (κ2) is 11.4. The third kappa shape index (κ3) is 8.41. The van der Waals surface area contributed by atoms with Crippen molar-refractivity contribution in [2.75, 3.05) is 39.5 Å². The van der Waals surface area contributed by atoms with Crippen LogP contribution in [-0.2, 0) is 4.79 Å². The summed E-state index contributed by atoms with van der Waals surface area (Å²) in [6, 6.07) is 0. The normalized spacial score (nSPS) is 15.6. The smallest absolute Gasteiger partial charge is 0.101 e. The van der Waals surface area contributed by atoms with Gasteiger partial charge in [0.2, 0.25) is 0 Å². The van der Waals surface area contributed by atoms with Gasteiger partial charge in [-0.05, 0) is 18.8 Å². The number of hydrogen-bond donors (Lipinski definition) is 4. The van der Waals surface area contributed by atoms with Gasteiger partial charge in [0, 0.05) is 5.97 Å². The Kier molecular flexibility index (Phi) is 11.0. The number of carboxylic acids is 1. The van der Waals surface area contributed by atoms with Gasteiger partial charge >= 0.3 is 0 Å². The van der Waals surface area contributed by atoms with Crippen LogP contribution in [0, 0.1) is 5.92 Å². The molecule has 4 N–H and O–H groups in total. The molecule has 18 heavy (non-hydrogen) atoms. The molecule has 0 heterocycles. The predicted octanol–water partition coefficient (Wildman–Crippen LogP) is -3.23. The van der Waals surface area contributed by atoms with Crippen molar-refractivity contribution < 1.29 is 30.1 Å². The van der Waals surface area contributed by atoms with Crippen molar-refractivity contribution in [3.63, 3.8) is 0 Å². The van der Waals surface area contributed by atoms with E-state index in [1.807, 2.05) is 0 Å². The van der Waals surface area contributed by atoms with Crippen LogP contribution in [0.4, 0.5) is 0 Å². The average molecular weight is 263 g/mol. The Labute approximate surface area is 108 Å². The van der Waals surface area contributed by atoms with Crippen LogP contribution < -0.4 is 10.0 Å². The molecule has 1 rings (SSSR count). The van der Waals surface area contributed by atoms with E-state index in [1.54, 1.807) is 0 Å². The molecule has 0 aromatic carbocycles. The Morgan fingerprint density at radius 3 is 1.61 bits per heavy atom. The summed E-state index contributed by atoms with van der Waals surface area (Å²) in [4.78, 5) is 11.1. The Hall–Kier alpha value is -0.690. The quantitative estimate of drug-likeness (QED) is 0.387. The lowest BCUT2D eigenvalue weighted by atomic mass is 10.1. The van der Waals surface area contributed by atoms with Gasteiger partial charge in [0.25, 0.3) is 0 Å². The van der Waals surface area contributed by atoms with Gasteiger partial charge in [-0.15, -0.1) is 0 Å². The number of nitrogens with one attached hydrogen (secondary N) is 1. The summed E-state index contributed by atoms with van der Waals surface area (Å²) in [5, 5.41) is 35.6. The van der Waals surface area contributed by atoms with E-state index in [-0.39, 0.29) is 25.7 Å². The molecular formula is C12H25NO5. The number of aliphatic carboxylic acids is 1. The van der Waals surface area contributed by atoms with Crippen molar-refractivity contribution in [3.8, 4) is 0 Å². The molecule has 6 heteroatoms. The Morgan fingerprint density at radius 2 is 1.39 bits per heavy atom. The van der Waals surface area contributed by atoms with Crippen molar-refractivity contribution in [2.24, 2.45) is 5.92 Å². The van der Waals surface area contributed by atoms with E-state index >= 15 is 0 Å². The first-order valence-electron chi connectivity index (χ1n) is 6.52. The fourth-order valence-electron chi connectivity index (χ4n) is 2.01. The SMILES string of the molecule is O=C([O-])C1CCCC1.OCC[NH+](CCO)CCO. The molecule has 0 atom stereocenters. The summed E-state index contributed by atoms with van der Waals surface area (Å²) >= 11 is 0. The van der Waals surface area contributed by atoms with E-state index in [1.165, 1.54) is 0 Å². The van der Waals surface area contributed by atoms with Gasteiger partial charge in [0.15, 0.2) is 0 Å². The lowest BCUT2D eigenvalue weighted by Crippen LogP contribution is -3.13. The zero-order valence-corrected chi connectivity index (χ0v) is 10.8. The van der Waals surface area contributed by atoms with Gasteiger partial charge in [0.05, 0.1) is 19.8 Å². The number of rotatable bonds is 7. The van der Waals surface area contributed by atoms with E-state index in [0.29, 0.717) is 19.6 Å². The molecule has 0 spiro atoms. The van der Waals surface area contributed by atoms with Gasteiger partial charge in [-0.3, -0.25) is 0 Å². The van der Waals surface area contributed by atoms with Gasteiger partial charge in [0.1, 0.15) is 19.6 Å². The van der Waals surface area contributed by atoms with Crippen LogP contribution >= 0.6 is 0 Å². The van der Waals surface area contributed by atoms with Gasteiger partial charge in [-0.25, -0.2) is 0 Å². The summed E-state index contributed by atoms with van der Waals surface area (Å²) < 4.78 is 0. The zero-order chi connectivity index (χ0) is 13.8. The highest BCUT2D eigenvalue weighted by Crippen LogP contribution is 2.23. The third-order valence-corrected chi connectivity index (χ3v) is 3.08. The summed E-state index contributed by atoms with van der Waals surface area (Å²) in [5.41, 5.74) is 0. The molecule has 0 amide bonds. The maximum Gasteiger partial charge on any atom is 0.101 e. The van der Waals surface area contributed by atoms with Crippen LogP contribution in [0.2, 0.25) is 0 Å². The molecule has 6 nitrogen and oxygen atoms in total. The molecule has 0 aliphatic heterocycles. The molecule has 108 valence electrons. The number of quaternary nitrogens is 1. The number of carbonyl (C=O) groups excluding carboxylic acids is 1. The van der Waals surface area contributed by atoms with E-state index in [2.05, 4.69) is 0 Å². The Balaban J connectivity index is 0.000000327. The molecule has 1 aliphatic carbocycles. The monoisotopic (exact) mass is 263 g/mol. The summed E-state index contributed by atoms with van der Waals surface area (Å²) in [6.07, 6.45) is 3.81. The van der Waals surface area contributed by atoms with Crippen LogP contribution in [0.1, 0.15) is 25.7 Å². The zero-order valence-electron chi connectivity index (χ0n) is 10.8. The molecule has 0 aromatic heterocycles. The summed E-state index contributed by atoms with van der Waals surface area (Å²) in [6.45, 7) is 2.11. The number of aliphatic hydroxyl groups excluding tert-OH is 3. The highest BCUT2D eigenvalue weighted by Gasteiger charge is 2.14. The van der Waals surface area contributed by atoms with E-state index in [0.717, 1.165) is 30.6 Å². The van der Waals surface area contributed by atoms with Crippen molar-refractivity contribution in [3.05, 3.63) is 0 Å². The summed E-state index contributed by atoms with van der Waals surface area (Å²) in [5.74, 6) is -0.988. The number of carbonyl (C=O) groups is 1. The van der Waals surface area contributed by atoms with Crippen LogP contribution in [0.15, 0.2) is 0 Å². The maximum absolute atomic E-state index is 10.1. The minimum absolute atomic E-state index is 0.106. The number of carboxylic acid groups (broad SMARTS) is 1. The average Bonchev–Trinajstić information content (AvgIpc) is 2.84. The molecule has 1 fully saturated rings. The fraction of sp³-hybridized carbons (Fsp3) is 0.917. The number of hydrogen-bond acceptors (Lipinski definition) is 5. The molecule has 1 aliphatic rings. The second-order valence-corrected chi connectivity index (χ2v) is 4.47. The highest BCUT2D eigenvalue weighted by atomic mass is 16.4. The van der Waals surface area contributed by atoms with Crippen molar-refractivity contribution in [1.29, 1.82) is 0 Å². The van der Waals surface area contributed by atoms with Crippen LogP contribution in [-0.4, -0.2) is 60.7 Å². The largest absolute Gasteiger partial charge is 0.550 e. The number of aliphatic hydroxyl groups is 3. The Bertz CT molecular complexity index is 192. The van der Waals surface area contributed by atoms with Gasteiger partial charge in [-0.2, -0.15) is 0 Å². The molecule has 0 unspecified atom stereocenters. The van der Waals surface area contributed by atoms with Gasteiger partial charge in [-0.1, -0.05) is 12.8 Å². The van der Waals surface area contributed by atoms with E-state index in [4.69, 9.17) is 15.3 Å². The minimum atomic E-state index is -0.859. The minimum Gasteiger partial charge on any atom is -0.550 e. The van der Waals surface area contributed by atoms with Crippen LogP contribution in [0.3, 0.4) is 0 Å². The molecule has 0 bridgehead atoms. The molecule has 1 saturated carbocycles. The van der Waals surface area contributed by atoms with Gasteiger partial charge < -0.3 is 30.1 Å². The highest BCUT2D eigenvalue weighted by molar-refractivity contribution is 5.67. The first-order chi connectivity index (χ1) is 8.65. The van der Waals surface area contributed by atoms with Crippen LogP contribution in [0.5, 0.6) is 0 Å². The molecular weight excluding hydrogens is 238 g/mol. The van der Waals surface area contributed by atoms with Crippen molar-refractivity contribution >= 4 is 5.97 Å². The van der Waals surface area contributed by atoms with E-state index < -0.39 is 5.97 Å². The summed E-state index contributed by atoms with van der Waals surface area (Å²) in [7, 11) is 0. The molecule has 0 aromatic rings. The third-order valence-electron chi connectivity index (χ3n) is 3.08.